The van der Waals surface area contributed by atoms with E-state index in [0.29, 0.717) is 12.4 Å². The average molecular weight is 323 g/mol. The fourth-order valence-corrected chi connectivity index (χ4v) is 3.16. The Kier molecular flexibility index (Phi) is 5.27. The molecule has 0 aliphatic carbocycles. The van der Waals surface area contributed by atoms with Crippen molar-refractivity contribution in [3.8, 4) is 0 Å². The van der Waals surface area contributed by atoms with Gasteiger partial charge in [-0.3, -0.25) is 4.99 Å². The Balaban J connectivity index is 1.41. The molecule has 0 amide bonds. The molecule has 3 nitrogen and oxygen atoms in total. The number of rotatable bonds is 5. The number of hydrogen-bond donors (Lipinski definition) is 0. The van der Waals surface area contributed by atoms with Crippen LogP contribution in [0.5, 0.6) is 0 Å². The first kappa shape index (κ1) is 15.6. The minimum Gasteiger partial charge on any atom is -0.462 e. The van der Waals surface area contributed by atoms with Gasteiger partial charge in [0.05, 0.1) is 11.6 Å². The zero-order valence-corrected chi connectivity index (χ0v) is 13.5. The van der Waals surface area contributed by atoms with Gasteiger partial charge in [0.2, 0.25) is 0 Å². The van der Waals surface area contributed by atoms with Gasteiger partial charge in [-0.1, -0.05) is 54.6 Å². The number of fused-ring (bicyclic) bond motifs is 1. The number of ether oxygens (including phenoxy) is 1. The monoisotopic (exact) mass is 323 g/mol. The average Bonchev–Trinajstić information content (AvgIpc) is 3.01. The van der Waals surface area contributed by atoms with E-state index in [1.165, 1.54) is 17.2 Å². The third-order valence-corrected chi connectivity index (χ3v) is 4.41. The minimum absolute atomic E-state index is 0.316. The second kappa shape index (κ2) is 7.79. The molecule has 0 radical (unpaired) electrons. The normalized spacial score (nSPS) is 13.0. The van der Waals surface area contributed by atoms with Crippen LogP contribution >= 0.6 is 11.8 Å². The Hall–Kier alpha value is -2.33. The Bertz CT molecular complexity index is 738. The Morgan fingerprint density at radius 1 is 1.13 bits per heavy atom. The molecular weight excluding hydrogens is 306 g/mol. The standard InChI is InChI=1S/C19H17NO2S/c21-18(11-10-15-6-2-1-3-7-15)22-12-13-23-19-17-9-5-4-8-16(17)14-20-19/h1-11H,12-14H2/b11-10+. The zero-order chi connectivity index (χ0) is 15.9. The topological polar surface area (TPSA) is 38.7 Å². The quantitative estimate of drug-likeness (QED) is 0.475. The van der Waals surface area contributed by atoms with Crippen LogP contribution in [0.4, 0.5) is 0 Å². The van der Waals surface area contributed by atoms with Crippen LogP contribution in [-0.2, 0) is 16.1 Å². The first-order chi connectivity index (χ1) is 11.3. The van der Waals surface area contributed by atoms with Crippen molar-refractivity contribution >= 4 is 28.9 Å². The summed E-state index contributed by atoms with van der Waals surface area (Å²) >= 11 is 1.63. The summed E-state index contributed by atoms with van der Waals surface area (Å²) in [6, 6.07) is 17.9. The predicted molar refractivity (Wildman–Crippen MR) is 95.6 cm³/mol. The van der Waals surface area contributed by atoms with Gasteiger partial charge < -0.3 is 4.74 Å². The molecule has 0 saturated carbocycles. The third kappa shape index (κ3) is 4.33. The molecule has 116 valence electrons. The molecule has 0 bridgehead atoms. The summed E-state index contributed by atoms with van der Waals surface area (Å²) in [6.07, 6.45) is 3.22. The van der Waals surface area contributed by atoms with Gasteiger partial charge >= 0.3 is 5.97 Å². The lowest BCUT2D eigenvalue weighted by Gasteiger charge is -2.04. The summed E-state index contributed by atoms with van der Waals surface area (Å²) in [5, 5.41) is 1.04. The molecule has 0 spiro atoms. The highest BCUT2D eigenvalue weighted by Gasteiger charge is 2.14. The van der Waals surface area contributed by atoms with Crippen molar-refractivity contribution < 1.29 is 9.53 Å². The molecule has 0 saturated heterocycles. The Labute approximate surface area is 140 Å². The van der Waals surface area contributed by atoms with E-state index in [2.05, 4.69) is 17.1 Å². The molecule has 1 heterocycles. The first-order valence-electron chi connectivity index (χ1n) is 7.48. The van der Waals surface area contributed by atoms with Crippen LogP contribution in [0.2, 0.25) is 0 Å². The van der Waals surface area contributed by atoms with Gasteiger partial charge in [-0.15, -0.1) is 11.8 Å². The van der Waals surface area contributed by atoms with Crippen LogP contribution in [0.1, 0.15) is 16.7 Å². The van der Waals surface area contributed by atoms with Crippen molar-refractivity contribution in [2.75, 3.05) is 12.4 Å². The third-order valence-electron chi connectivity index (χ3n) is 3.42. The predicted octanol–water partition coefficient (Wildman–Crippen LogP) is 3.94. The molecule has 0 unspecified atom stereocenters. The molecular formula is C19H17NO2S. The summed E-state index contributed by atoms with van der Waals surface area (Å²) in [5.74, 6) is 0.390. The summed E-state index contributed by atoms with van der Waals surface area (Å²) < 4.78 is 5.21. The van der Waals surface area contributed by atoms with Gasteiger partial charge in [0, 0.05) is 17.4 Å². The van der Waals surface area contributed by atoms with E-state index in [-0.39, 0.29) is 5.97 Å². The van der Waals surface area contributed by atoms with E-state index in [1.54, 1.807) is 17.8 Å². The fraction of sp³-hybridized carbons (Fsp3) is 0.158. The molecule has 1 aliphatic heterocycles. The number of thioether (sulfide) groups is 1. The lowest BCUT2D eigenvalue weighted by Crippen LogP contribution is -2.05. The molecule has 2 aromatic carbocycles. The number of esters is 1. The van der Waals surface area contributed by atoms with Crippen molar-refractivity contribution in [3.05, 3.63) is 77.4 Å². The molecule has 1 aliphatic rings. The SMILES string of the molecule is O=C(/C=C/c1ccccc1)OCCSC1=NCc2ccccc21. The van der Waals surface area contributed by atoms with Crippen molar-refractivity contribution in [2.24, 2.45) is 4.99 Å². The Morgan fingerprint density at radius 3 is 2.78 bits per heavy atom. The van der Waals surface area contributed by atoms with Crippen LogP contribution in [0.15, 0.2) is 65.7 Å². The highest BCUT2D eigenvalue weighted by atomic mass is 32.2. The van der Waals surface area contributed by atoms with E-state index < -0.39 is 0 Å². The zero-order valence-electron chi connectivity index (χ0n) is 12.6. The minimum atomic E-state index is -0.316. The molecule has 23 heavy (non-hydrogen) atoms. The fourth-order valence-electron chi connectivity index (χ4n) is 2.29. The van der Waals surface area contributed by atoms with Crippen molar-refractivity contribution in [2.45, 2.75) is 6.54 Å². The smallest absolute Gasteiger partial charge is 0.330 e. The second-order valence-corrected chi connectivity index (χ2v) is 6.12. The molecule has 0 N–H and O–H groups in total. The highest BCUT2D eigenvalue weighted by Crippen LogP contribution is 2.24. The number of benzene rings is 2. The van der Waals surface area contributed by atoms with Crippen LogP contribution in [0, 0.1) is 0 Å². The van der Waals surface area contributed by atoms with Crippen LogP contribution in [-0.4, -0.2) is 23.4 Å². The number of hydrogen-bond acceptors (Lipinski definition) is 4. The van der Waals surface area contributed by atoms with Crippen molar-refractivity contribution in [1.82, 2.24) is 0 Å². The van der Waals surface area contributed by atoms with E-state index >= 15 is 0 Å². The highest BCUT2D eigenvalue weighted by molar-refractivity contribution is 8.14. The van der Waals surface area contributed by atoms with Gasteiger partial charge in [0.15, 0.2) is 0 Å². The van der Waals surface area contributed by atoms with E-state index in [0.717, 1.165) is 17.2 Å². The number of nitrogens with zero attached hydrogens (tertiary/aromatic N) is 1. The summed E-state index contributed by atoms with van der Waals surface area (Å²) in [6.45, 7) is 1.13. The summed E-state index contributed by atoms with van der Waals surface area (Å²) in [7, 11) is 0. The maximum Gasteiger partial charge on any atom is 0.330 e. The van der Waals surface area contributed by atoms with Gasteiger partial charge in [-0.25, -0.2) is 4.79 Å². The van der Waals surface area contributed by atoms with Gasteiger partial charge in [0.1, 0.15) is 6.61 Å². The number of carbonyl (C=O) groups is 1. The van der Waals surface area contributed by atoms with Crippen LogP contribution < -0.4 is 0 Å². The molecule has 0 atom stereocenters. The Morgan fingerprint density at radius 2 is 1.91 bits per heavy atom. The largest absolute Gasteiger partial charge is 0.462 e. The van der Waals surface area contributed by atoms with Crippen LogP contribution in [0.25, 0.3) is 6.08 Å². The second-order valence-electron chi connectivity index (χ2n) is 5.04. The first-order valence-corrected chi connectivity index (χ1v) is 8.47. The molecule has 0 fully saturated rings. The lowest BCUT2D eigenvalue weighted by molar-refractivity contribution is -0.137. The molecule has 3 rings (SSSR count). The van der Waals surface area contributed by atoms with E-state index in [4.69, 9.17) is 4.74 Å². The lowest BCUT2D eigenvalue weighted by atomic mass is 10.1. The van der Waals surface area contributed by atoms with E-state index in [1.807, 2.05) is 42.5 Å². The maximum absolute atomic E-state index is 11.7. The van der Waals surface area contributed by atoms with Gasteiger partial charge in [-0.2, -0.15) is 0 Å². The molecule has 0 aromatic heterocycles. The molecule has 4 heteroatoms. The maximum atomic E-state index is 11.7. The van der Waals surface area contributed by atoms with Crippen LogP contribution in [0.3, 0.4) is 0 Å². The van der Waals surface area contributed by atoms with Crippen molar-refractivity contribution in [1.29, 1.82) is 0 Å². The summed E-state index contributed by atoms with van der Waals surface area (Å²) in [5.41, 5.74) is 3.45. The molecule has 2 aromatic rings. The van der Waals surface area contributed by atoms with E-state index in [9.17, 15) is 4.79 Å². The van der Waals surface area contributed by atoms with Gasteiger partial charge in [0.25, 0.3) is 0 Å². The van der Waals surface area contributed by atoms with Crippen molar-refractivity contribution in [3.63, 3.8) is 0 Å². The summed E-state index contributed by atoms with van der Waals surface area (Å²) in [4.78, 5) is 16.2. The number of carbonyl (C=O) groups excluding carboxylic acids is 1. The van der Waals surface area contributed by atoms with Gasteiger partial charge in [-0.05, 0) is 17.2 Å². The number of aliphatic imine (C=N–C) groups is 1.